The molecular formula is C8H6BBrO3S. The van der Waals surface area contributed by atoms with Crippen LogP contribution in [0, 0.1) is 0 Å². The Bertz CT molecular complexity index is 483. The Balaban J connectivity index is 2.84. The van der Waals surface area contributed by atoms with Crippen molar-refractivity contribution in [2.75, 3.05) is 0 Å². The number of hydrogen-bond donors (Lipinski definition) is 3. The van der Waals surface area contributed by atoms with Crippen LogP contribution in [-0.4, -0.2) is 22.3 Å². The Kier molecular flexibility index (Phi) is 2.53. The van der Waals surface area contributed by atoms with Crippen LogP contribution in [0.1, 0.15) is 0 Å². The molecule has 2 rings (SSSR count). The number of fused-ring (bicyclic) bond motifs is 1. The van der Waals surface area contributed by atoms with E-state index >= 15 is 0 Å². The van der Waals surface area contributed by atoms with Crippen molar-refractivity contribution in [3.63, 3.8) is 0 Å². The van der Waals surface area contributed by atoms with E-state index in [1.807, 2.05) is 6.07 Å². The summed E-state index contributed by atoms with van der Waals surface area (Å²) < 4.78 is 1.42. The van der Waals surface area contributed by atoms with Crippen LogP contribution in [0.15, 0.2) is 22.0 Å². The maximum absolute atomic E-state index is 9.67. The van der Waals surface area contributed by atoms with Crippen molar-refractivity contribution in [3.05, 3.63) is 22.0 Å². The standard InChI is InChI=1S/C8H6BBrO3S/c10-8-7(11)6-4(9(12)13)2-1-3-5(6)14-8/h1-3,11-13H. The molecule has 0 saturated carbocycles. The van der Waals surface area contributed by atoms with E-state index in [0.717, 1.165) is 4.70 Å². The smallest absolute Gasteiger partial charge is 0.489 e. The van der Waals surface area contributed by atoms with Crippen molar-refractivity contribution >= 4 is 49.9 Å². The predicted molar refractivity (Wildman–Crippen MR) is 61.0 cm³/mol. The predicted octanol–water partition coefficient (Wildman–Crippen LogP) is 1.05. The first kappa shape index (κ1) is 9.98. The van der Waals surface area contributed by atoms with Gasteiger partial charge in [-0.3, -0.25) is 0 Å². The maximum Gasteiger partial charge on any atom is 0.489 e. The minimum Gasteiger partial charge on any atom is -0.505 e. The van der Waals surface area contributed by atoms with Gasteiger partial charge in [-0.25, -0.2) is 0 Å². The van der Waals surface area contributed by atoms with Crippen LogP contribution in [0.5, 0.6) is 5.75 Å². The van der Waals surface area contributed by atoms with Crippen molar-refractivity contribution in [3.8, 4) is 5.75 Å². The molecular weight excluding hydrogens is 267 g/mol. The van der Waals surface area contributed by atoms with Gasteiger partial charge < -0.3 is 15.2 Å². The van der Waals surface area contributed by atoms with Gasteiger partial charge in [0.25, 0.3) is 0 Å². The summed E-state index contributed by atoms with van der Waals surface area (Å²) in [6.45, 7) is 0. The number of thiophene rings is 1. The lowest BCUT2D eigenvalue weighted by Gasteiger charge is -2.01. The molecule has 0 bridgehead atoms. The Morgan fingerprint density at radius 3 is 2.64 bits per heavy atom. The summed E-state index contributed by atoms with van der Waals surface area (Å²) >= 11 is 4.55. The Labute approximate surface area is 92.9 Å². The van der Waals surface area contributed by atoms with Gasteiger partial charge in [-0.1, -0.05) is 12.1 Å². The van der Waals surface area contributed by atoms with Crippen LogP contribution in [0.4, 0.5) is 0 Å². The van der Waals surface area contributed by atoms with Gasteiger partial charge in [-0.2, -0.15) is 0 Å². The summed E-state index contributed by atoms with van der Waals surface area (Å²) in [5.74, 6) is 0.0636. The second kappa shape index (κ2) is 3.54. The van der Waals surface area contributed by atoms with Gasteiger partial charge in [-0.05, 0) is 27.5 Å². The van der Waals surface area contributed by atoms with Crippen LogP contribution in [0.25, 0.3) is 10.1 Å². The first-order valence-electron chi connectivity index (χ1n) is 3.87. The SMILES string of the molecule is OB(O)c1cccc2sc(Br)c(O)c12. The summed E-state index contributed by atoms with van der Waals surface area (Å²) in [4.78, 5) is 0. The van der Waals surface area contributed by atoms with Crippen LogP contribution >= 0.6 is 27.3 Å². The molecule has 1 heterocycles. The maximum atomic E-state index is 9.67. The third-order valence-electron chi connectivity index (χ3n) is 1.96. The van der Waals surface area contributed by atoms with Gasteiger partial charge in [0.2, 0.25) is 0 Å². The zero-order valence-corrected chi connectivity index (χ0v) is 9.34. The van der Waals surface area contributed by atoms with E-state index in [0.29, 0.717) is 14.6 Å². The van der Waals surface area contributed by atoms with E-state index in [9.17, 15) is 5.11 Å². The molecule has 0 amide bonds. The molecule has 6 heteroatoms. The van der Waals surface area contributed by atoms with Gasteiger partial charge in [0.05, 0.1) is 0 Å². The minimum atomic E-state index is -1.56. The zero-order valence-electron chi connectivity index (χ0n) is 6.94. The molecule has 0 saturated heterocycles. The molecule has 3 nitrogen and oxygen atoms in total. The average Bonchev–Trinajstić information content (AvgIpc) is 2.43. The molecule has 1 aromatic carbocycles. The van der Waals surface area contributed by atoms with E-state index in [2.05, 4.69) is 15.9 Å². The minimum absolute atomic E-state index is 0.0636. The zero-order chi connectivity index (χ0) is 10.3. The Morgan fingerprint density at radius 2 is 2.00 bits per heavy atom. The van der Waals surface area contributed by atoms with Gasteiger partial charge >= 0.3 is 7.12 Å². The topological polar surface area (TPSA) is 60.7 Å². The molecule has 72 valence electrons. The van der Waals surface area contributed by atoms with Gasteiger partial charge in [0.1, 0.15) is 9.54 Å². The van der Waals surface area contributed by atoms with E-state index in [-0.39, 0.29) is 5.75 Å². The number of benzene rings is 1. The van der Waals surface area contributed by atoms with Crippen molar-refractivity contribution in [2.24, 2.45) is 0 Å². The quantitative estimate of drug-likeness (QED) is 0.680. The average molecular weight is 273 g/mol. The van der Waals surface area contributed by atoms with E-state index in [1.54, 1.807) is 12.1 Å². The van der Waals surface area contributed by atoms with Gasteiger partial charge in [0.15, 0.2) is 0 Å². The monoisotopic (exact) mass is 272 g/mol. The molecule has 0 aliphatic heterocycles. The highest BCUT2D eigenvalue weighted by molar-refractivity contribution is 9.11. The molecule has 0 radical (unpaired) electrons. The fourth-order valence-electron chi connectivity index (χ4n) is 1.34. The largest absolute Gasteiger partial charge is 0.505 e. The molecule has 0 unspecified atom stereocenters. The number of hydrogen-bond acceptors (Lipinski definition) is 4. The lowest BCUT2D eigenvalue weighted by molar-refractivity contribution is 0.425. The van der Waals surface area contributed by atoms with Crippen LogP contribution in [0.3, 0.4) is 0 Å². The highest BCUT2D eigenvalue weighted by atomic mass is 79.9. The summed E-state index contributed by atoms with van der Waals surface area (Å²) in [6.07, 6.45) is 0. The molecule has 0 spiro atoms. The summed E-state index contributed by atoms with van der Waals surface area (Å²) in [5, 5.41) is 28.3. The van der Waals surface area contributed by atoms with Crippen LogP contribution in [-0.2, 0) is 0 Å². The first-order chi connectivity index (χ1) is 6.61. The Hall–Kier alpha value is -0.555. The summed E-state index contributed by atoms with van der Waals surface area (Å²) in [6, 6.07) is 5.11. The number of halogens is 1. The normalized spacial score (nSPS) is 10.8. The second-order valence-electron chi connectivity index (χ2n) is 2.82. The molecule has 3 N–H and O–H groups in total. The van der Waals surface area contributed by atoms with Crippen LogP contribution in [0.2, 0.25) is 0 Å². The fourth-order valence-corrected chi connectivity index (χ4v) is 2.92. The molecule has 14 heavy (non-hydrogen) atoms. The Morgan fingerprint density at radius 1 is 1.29 bits per heavy atom. The first-order valence-corrected chi connectivity index (χ1v) is 5.48. The second-order valence-corrected chi connectivity index (χ2v) is 5.19. The van der Waals surface area contributed by atoms with Crippen molar-refractivity contribution in [2.45, 2.75) is 0 Å². The van der Waals surface area contributed by atoms with Crippen molar-refractivity contribution < 1.29 is 15.2 Å². The summed E-state index contributed by atoms with van der Waals surface area (Å²) in [5.41, 5.74) is 0.321. The lowest BCUT2D eigenvalue weighted by atomic mass is 9.78. The van der Waals surface area contributed by atoms with Crippen molar-refractivity contribution in [1.82, 2.24) is 0 Å². The molecule has 1 aromatic heterocycles. The van der Waals surface area contributed by atoms with Gasteiger partial charge in [-0.15, -0.1) is 11.3 Å². The number of rotatable bonds is 1. The highest BCUT2D eigenvalue weighted by Gasteiger charge is 2.19. The fraction of sp³-hybridized carbons (Fsp3) is 0. The third-order valence-corrected chi connectivity index (χ3v) is 3.75. The summed E-state index contributed by atoms with van der Waals surface area (Å²) in [7, 11) is -1.56. The highest BCUT2D eigenvalue weighted by Crippen LogP contribution is 2.39. The van der Waals surface area contributed by atoms with E-state index < -0.39 is 7.12 Å². The third kappa shape index (κ3) is 1.44. The molecule has 0 aliphatic rings. The lowest BCUT2D eigenvalue weighted by Crippen LogP contribution is -2.30. The molecule has 0 aliphatic carbocycles. The van der Waals surface area contributed by atoms with Crippen molar-refractivity contribution in [1.29, 1.82) is 0 Å². The number of aromatic hydroxyl groups is 1. The van der Waals surface area contributed by atoms with E-state index in [4.69, 9.17) is 10.0 Å². The van der Waals surface area contributed by atoms with Gasteiger partial charge in [0, 0.05) is 10.1 Å². The van der Waals surface area contributed by atoms with Crippen LogP contribution < -0.4 is 5.46 Å². The molecule has 0 atom stereocenters. The molecule has 2 aromatic rings. The van der Waals surface area contributed by atoms with E-state index in [1.165, 1.54) is 11.3 Å². The molecule has 0 fully saturated rings.